The predicted molar refractivity (Wildman–Crippen MR) is 100 cm³/mol. The maximum Gasteiger partial charge on any atom is 0.243 e. The molecule has 2 aromatic carbocycles. The average molecular weight is 336 g/mol. The maximum absolute atomic E-state index is 11.9. The molecule has 1 aliphatic rings. The van der Waals surface area contributed by atoms with Gasteiger partial charge in [0.05, 0.1) is 6.54 Å². The Hall–Kier alpha value is -2.62. The van der Waals surface area contributed by atoms with Gasteiger partial charge < -0.3 is 10.6 Å². The lowest BCUT2D eigenvalue weighted by Crippen LogP contribution is -2.33. The first-order valence-electron chi connectivity index (χ1n) is 8.92. The van der Waals surface area contributed by atoms with Gasteiger partial charge in [0.25, 0.3) is 0 Å². The number of carbonyl (C=O) groups excluding carboxylic acids is 2. The van der Waals surface area contributed by atoms with Gasteiger partial charge in [0.2, 0.25) is 11.8 Å². The van der Waals surface area contributed by atoms with Crippen LogP contribution in [0, 0.1) is 5.92 Å². The van der Waals surface area contributed by atoms with Crippen molar-refractivity contribution in [2.45, 2.75) is 32.6 Å². The predicted octanol–water partition coefficient (Wildman–Crippen LogP) is 3.77. The number of hydrogen-bond donors (Lipinski definition) is 2. The van der Waals surface area contributed by atoms with E-state index in [9.17, 15) is 9.59 Å². The van der Waals surface area contributed by atoms with E-state index in [2.05, 4.69) is 41.8 Å². The van der Waals surface area contributed by atoms with Gasteiger partial charge in [-0.3, -0.25) is 9.59 Å². The second-order valence-electron chi connectivity index (χ2n) is 6.56. The Morgan fingerprint density at radius 2 is 1.56 bits per heavy atom. The molecule has 0 aliphatic heterocycles. The number of nitrogens with one attached hydrogen (secondary N) is 2. The molecule has 2 N–H and O–H groups in total. The molecule has 1 saturated carbocycles. The zero-order valence-corrected chi connectivity index (χ0v) is 14.5. The summed E-state index contributed by atoms with van der Waals surface area (Å²) in [6.07, 6.45) is 4.13. The van der Waals surface area contributed by atoms with Crippen molar-refractivity contribution in [2.75, 3.05) is 11.9 Å². The van der Waals surface area contributed by atoms with E-state index in [0.29, 0.717) is 0 Å². The molecule has 2 aromatic rings. The fraction of sp³-hybridized carbons (Fsp3) is 0.333. The number of hydrogen-bond acceptors (Lipinski definition) is 2. The molecule has 0 bridgehead atoms. The van der Waals surface area contributed by atoms with Crippen LogP contribution in [0.3, 0.4) is 0 Å². The van der Waals surface area contributed by atoms with Crippen LogP contribution in [0.4, 0.5) is 5.69 Å². The van der Waals surface area contributed by atoms with Crippen LogP contribution in [0.25, 0.3) is 11.1 Å². The van der Waals surface area contributed by atoms with Gasteiger partial charge in [-0.25, -0.2) is 0 Å². The van der Waals surface area contributed by atoms with Crippen molar-refractivity contribution in [3.05, 3.63) is 54.1 Å². The summed E-state index contributed by atoms with van der Waals surface area (Å²) in [6, 6.07) is 16.3. The number of rotatable bonds is 7. The highest BCUT2D eigenvalue weighted by atomic mass is 16.2. The molecule has 1 fully saturated rings. The lowest BCUT2D eigenvalue weighted by atomic mass is 10.0. The van der Waals surface area contributed by atoms with E-state index in [1.54, 1.807) is 0 Å². The molecule has 0 unspecified atom stereocenters. The molecule has 2 amide bonds. The number of amides is 2. The van der Waals surface area contributed by atoms with Crippen LogP contribution in [-0.2, 0) is 16.0 Å². The molecule has 3 rings (SSSR count). The summed E-state index contributed by atoms with van der Waals surface area (Å²) in [6.45, 7) is 2.20. The monoisotopic (exact) mass is 336 g/mol. The van der Waals surface area contributed by atoms with Gasteiger partial charge in [0.15, 0.2) is 0 Å². The minimum Gasteiger partial charge on any atom is -0.347 e. The van der Waals surface area contributed by atoms with Gasteiger partial charge in [-0.05, 0) is 48.1 Å². The van der Waals surface area contributed by atoms with Crippen LogP contribution < -0.4 is 10.6 Å². The molecule has 25 heavy (non-hydrogen) atoms. The van der Waals surface area contributed by atoms with E-state index in [-0.39, 0.29) is 24.3 Å². The highest BCUT2D eigenvalue weighted by Gasteiger charge is 2.29. The van der Waals surface area contributed by atoms with Crippen molar-refractivity contribution < 1.29 is 9.59 Å². The van der Waals surface area contributed by atoms with Crippen LogP contribution in [0.1, 0.15) is 31.7 Å². The average Bonchev–Trinajstić information content (AvgIpc) is 3.47. The van der Waals surface area contributed by atoms with E-state index >= 15 is 0 Å². The van der Waals surface area contributed by atoms with Gasteiger partial charge in [0, 0.05) is 11.6 Å². The summed E-state index contributed by atoms with van der Waals surface area (Å²) < 4.78 is 0. The third-order valence-electron chi connectivity index (χ3n) is 4.37. The molecular weight excluding hydrogens is 312 g/mol. The Kier molecular flexibility index (Phi) is 5.49. The van der Waals surface area contributed by atoms with Gasteiger partial charge in [0.1, 0.15) is 0 Å². The molecule has 0 aromatic heterocycles. The van der Waals surface area contributed by atoms with Gasteiger partial charge >= 0.3 is 0 Å². The summed E-state index contributed by atoms with van der Waals surface area (Å²) in [5.74, 6) is -0.0986. The fourth-order valence-electron chi connectivity index (χ4n) is 2.76. The minimum absolute atomic E-state index is 0.0167. The molecule has 0 atom stereocenters. The largest absolute Gasteiger partial charge is 0.347 e. The Labute approximate surface area is 148 Å². The van der Waals surface area contributed by atoms with E-state index < -0.39 is 0 Å². The van der Waals surface area contributed by atoms with Crippen LogP contribution in [0.5, 0.6) is 0 Å². The Morgan fingerprint density at radius 3 is 2.12 bits per heavy atom. The van der Waals surface area contributed by atoms with Crippen LogP contribution in [0.15, 0.2) is 48.5 Å². The minimum atomic E-state index is -0.203. The van der Waals surface area contributed by atoms with Gasteiger partial charge in [-0.15, -0.1) is 0 Å². The fourth-order valence-corrected chi connectivity index (χ4v) is 2.76. The summed E-state index contributed by atoms with van der Waals surface area (Å²) in [5.41, 5.74) is 4.36. The molecule has 4 heteroatoms. The summed E-state index contributed by atoms with van der Waals surface area (Å²) in [7, 11) is 0. The lowest BCUT2D eigenvalue weighted by molar-refractivity contribution is -0.125. The quantitative estimate of drug-likeness (QED) is 0.808. The third-order valence-corrected chi connectivity index (χ3v) is 4.37. The summed E-state index contributed by atoms with van der Waals surface area (Å²) in [5, 5.41) is 5.47. The summed E-state index contributed by atoms with van der Waals surface area (Å²) in [4.78, 5) is 23.4. The van der Waals surface area contributed by atoms with Crippen molar-refractivity contribution in [3.8, 4) is 11.1 Å². The van der Waals surface area contributed by atoms with Crippen LogP contribution >= 0.6 is 0 Å². The first kappa shape index (κ1) is 17.2. The van der Waals surface area contributed by atoms with Crippen LogP contribution in [0.2, 0.25) is 0 Å². The molecule has 0 heterocycles. The zero-order valence-electron chi connectivity index (χ0n) is 14.5. The van der Waals surface area contributed by atoms with Crippen molar-refractivity contribution in [1.29, 1.82) is 0 Å². The number of aryl methyl sites for hydroxylation is 1. The second kappa shape index (κ2) is 7.97. The molecular formula is C21H24N2O2. The van der Waals surface area contributed by atoms with Crippen molar-refractivity contribution in [1.82, 2.24) is 5.32 Å². The standard InChI is InChI=1S/C21H24N2O2/c1-2-3-15-4-6-16(7-5-15)17-10-12-19(13-11-17)23-20(24)14-22-21(25)18-8-9-18/h4-7,10-13,18H,2-3,8-9,14H2,1H3,(H,22,25)(H,23,24). The summed E-state index contributed by atoms with van der Waals surface area (Å²) >= 11 is 0. The SMILES string of the molecule is CCCc1ccc(-c2ccc(NC(=O)CNC(=O)C3CC3)cc2)cc1. The Bertz CT molecular complexity index is 731. The molecule has 0 saturated heterocycles. The van der Waals surface area contributed by atoms with E-state index in [0.717, 1.165) is 42.5 Å². The first-order valence-corrected chi connectivity index (χ1v) is 8.92. The normalized spacial score (nSPS) is 13.3. The first-order chi connectivity index (χ1) is 12.2. The molecule has 130 valence electrons. The Balaban J connectivity index is 1.54. The maximum atomic E-state index is 11.9. The number of anilines is 1. The highest BCUT2D eigenvalue weighted by Crippen LogP contribution is 2.28. The smallest absolute Gasteiger partial charge is 0.243 e. The third kappa shape index (κ3) is 4.92. The molecule has 0 radical (unpaired) electrons. The van der Waals surface area contributed by atoms with Crippen molar-refractivity contribution in [2.24, 2.45) is 5.92 Å². The topological polar surface area (TPSA) is 58.2 Å². The molecule has 1 aliphatic carbocycles. The molecule has 4 nitrogen and oxygen atoms in total. The molecule has 0 spiro atoms. The van der Waals surface area contributed by atoms with Crippen molar-refractivity contribution >= 4 is 17.5 Å². The van der Waals surface area contributed by atoms with E-state index in [4.69, 9.17) is 0 Å². The Morgan fingerprint density at radius 1 is 0.960 bits per heavy atom. The van der Waals surface area contributed by atoms with Crippen molar-refractivity contribution in [3.63, 3.8) is 0 Å². The van der Waals surface area contributed by atoms with Gasteiger partial charge in [-0.1, -0.05) is 49.7 Å². The second-order valence-corrected chi connectivity index (χ2v) is 6.56. The van der Waals surface area contributed by atoms with E-state index in [1.165, 1.54) is 5.56 Å². The van der Waals surface area contributed by atoms with Gasteiger partial charge in [-0.2, -0.15) is 0 Å². The number of carbonyl (C=O) groups is 2. The highest BCUT2D eigenvalue weighted by molar-refractivity contribution is 5.95. The number of benzene rings is 2. The van der Waals surface area contributed by atoms with Crippen LogP contribution in [-0.4, -0.2) is 18.4 Å². The lowest BCUT2D eigenvalue weighted by Gasteiger charge is -2.08. The zero-order chi connectivity index (χ0) is 17.6. The van der Waals surface area contributed by atoms with E-state index in [1.807, 2.05) is 24.3 Å².